The highest BCUT2D eigenvalue weighted by Crippen LogP contribution is 2.37. The van der Waals surface area contributed by atoms with Gasteiger partial charge < -0.3 is 19.5 Å². The maximum Gasteiger partial charge on any atom is 0.262 e. The van der Waals surface area contributed by atoms with Crippen LogP contribution >= 0.6 is 11.6 Å². The number of carbonyl (C=O) groups is 1. The Morgan fingerprint density at radius 3 is 2.27 bits per heavy atom. The van der Waals surface area contributed by atoms with Gasteiger partial charge in [0.2, 0.25) is 0 Å². The first kappa shape index (κ1) is 25.0. The molecule has 0 aromatic heterocycles. The number of hydrogen-bond donors (Lipinski definition) is 2. The fraction of sp³-hybridized carbons (Fsp3) is 0.435. The summed E-state index contributed by atoms with van der Waals surface area (Å²) < 4.78 is 44.3. The SMILES string of the molecule is COc1cc(NS(=O)(=O)c2ccc(O[C@@H](C)C(=O)NC3CCCCC3)cc2)c(OC)cc1Cl. The van der Waals surface area contributed by atoms with Crippen molar-refractivity contribution in [1.29, 1.82) is 0 Å². The Labute approximate surface area is 199 Å². The molecular formula is C23H29ClN2O6S. The Morgan fingerprint density at radius 1 is 1.03 bits per heavy atom. The largest absolute Gasteiger partial charge is 0.495 e. The van der Waals surface area contributed by atoms with Gasteiger partial charge in [0.25, 0.3) is 15.9 Å². The van der Waals surface area contributed by atoms with Crippen LogP contribution in [0.4, 0.5) is 5.69 Å². The highest BCUT2D eigenvalue weighted by Gasteiger charge is 2.22. The van der Waals surface area contributed by atoms with Gasteiger partial charge in [-0.05, 0) is 44.0 Å². The van der Waals surface area contributed by atoms with Crippen molar-refractivity contribution in [2.24, 2.45) is 0 Å². The van der Waals surface area contributed by atoms with Crippen LogP contribution in [0.15, 0.2) is 41.3 Å². The van der Waals surface area contributed by atoms with Crippen LogP contribution in [-0.2, 0) is 14.8 Å². The number of hydrogen-bond acceptors (Lipinski definition) is 6. The van der Waals surface area contributed by atoms with Crippen LogP contribution in [0.3, 0.4) is 0 Å². The van der Waals surface area contributed by atoms with Crippen molar-refractivity contribution in [3.05, 3.63) is 41.4 Å². The van der Waals surface area contributed by atoms with Crippen LogP contribution in [0.1, 0.15) is 39.0 Å². The molecular weight excluding hydrogens is 468 g/mol. The number of benzene rings is 2. The van der Waals surface area contributed by atoms with E-state index in [0.29, 0.717) is 16.5 Å². The van der Waals surface area contributed by atoms with Crippen LogP contribution in [0.2, 0.25) is 5.02 Å². The molecule has 2 N–H and O–H groups in total. The number of rotatable bonds is 9. The Kier molecular flexibility index (Phi) is 8.31. The Morgan fingerprint density at radius 2 is 1.67 bits per heavy atom. The molecule has 2 aromatic rings. The molecule has 1 aliphatic rings. The summed E-state index contributed by atoms with van der Waals surface area (Å²) >= 11 is 6.08. The van der Waals surface area contributed by atoms with Gasteiger partial charge in [0, 0.05) is 18.2 Å². The number of sulfonamides is 1. The van der Waals surface area contributed by atoms with E-state index in [1.165, 1.54) is 57.0 Å². The molecule has 1 fully saturated rings. The molecule has 2 aromatic carbocycles. The highest BCUT2D eigenvalue weighted by molar-refractivity contribution is 7.92. The maximum atomic E-state index is 12.9. The van der Waals surface area contributed by atoms with Crippen molar-refractivity contribution in [3.63, 3.8) is 0 Å². The van der Waals surface area contributed by atoms with Gasteiger partial charge in [-0.1, -0.05) is 30.9 Å². The van der Waals surface area contributed by atoms with Gasteiger partial charge in [-0.2, -0.15) is 0 Å². The van der Waals surface area contributed by atoms with E-state index in [-0.39, 0.29) is 28.3 Å². The second kappa shape index (κ2) is 11.0. The van der Waals surface area contributed by atoms with Crippen LogP contribution in [0.5, 0.6) is 17.2 Å². The average Bonchev–Trinajstić information content (AvgIpc) is 2.80. The fourth-order valence-corrected chi connectivity index (χ4v) is 4.96. The van der Waals surface area contributed by atoms with Crippen molar-refractivity contribution >= 4 is 33.2 Å². The van der Waals surface area contributed by atoms with Crippen molar-refractivity contribution in [2.75, 3.05) is 18.9 Å². The standard InChI is InChI=1S/C23H29ClN2O6S/c1-15(23(27)25-16-7-5-4-6-8-16)32-17-9-11-18(12-10-17)33(28,29)26-20-14-21(30-2)19(24)13-22(20)31-3/h9-16,26H,4-8H2,1-3H3,(H,25,27)/t15-/m0/s1. The van der Waals surface area contributed by atoms with E-state index in [9.17, 15) is 13.2 Å². The second-order valence-electron chi connectivity index (χ2n) is 7.87. The van der Waals surface area contributed by atoms with E-state index in [2.05, 4.69) is 10.0 Å². The van der Waals surface area contributed by atoms with Gasteiger partial charge in [0.05, 0.1) is 29.8 Å². The normalized spacial score (nSPS) is 15.4. The number of nitrogens with one attached hydrogen (secondary N) is 2. The third kappa shape index (κ3) is 6.45. The maximum absolute atomic E-state index is 12.9. The van der Waals surface area contributed by atoms with Crippen LogP contribution in [-0.4, -0.2) is 40.7 Å². The molecule has 0 aliphatic heterocycles. The number of halogens is 1. The van der Waals surface area contributed by atoms with Crippen molar-refractivity contribution in [1.82, 2.24) is 5.32 Å². The predicted octanol–water partition coefficient (Wildman–Crippen LogP) is 4.37. The summed E-state index contributed by atoms with van der Waals surface area (Å²) in [6.45, 7) is 1.67. The molecule has 0 radical (unpaired) electrons. The summed E-state index contributed by atoms with van der Waals surface area (Å²) in [5, 5.41) is 3.32. The van der Waals surface area contributed by atoms with Gasteiger partial charge >= 0.3 is 0 Å². The molecule has 0 saturated heterocycles. The molecule has 1 atom stereocenters. The molecule has 1 saturated carbocycles. The fourth-order valence-electron chi connectivity index (χ4n) is 3.66. The first-order chi connectivity index (χ1) is 15.7. The van der Waals surface area contributed by atoms with Gasteiger partial charge in [0.15, 0.2) is 6.10 Å². The Bertz CT molecular complexity index is 1070. The zero-order valence-corrected chi connectivity index (χ0v) is 20.5. The van der Waals surface area contributed by atoms with E-state index in [0.717, 1.165) is 25.7 Å². The van der Waals surface area contributed by atoms with Gasteiger partial charge in [-0.15, -0.1) is 0 Å². The van der Waals surface area contributed by atoms with E-state index in [4.69, 9.17) is 25.8 Å². The smallest absolute Gasteiger partial charge is 0.262 e. The lowest BCUT2D eigenvalue weighted by molar-refractivity contribution is -0.128. The summed E-state index contributed by atoms with van der Waals surface area (Å²) in [7, 11) is -1.09. The topological polar surface area (TPSA) is 103 Å². The molecule has 0 spiro atoms. The minimum atomic E-state index is -3.93. The molecule has 8 nitrogen and oxygen atoms in total. The van der Waals surface area contributed by atoms with E-state index < -0.39 is 16.1 Å². The summed E-state index contributed by atoms with van der Waals surface area (Å²) in [6, 6.07) is 8.94. The van der Waals surface area contributed by atoms with Crippen molar-refractivity contribution < 1.29 is 27.4 Å². The number of ether oxygens (including phenoxy) is 3. The lowest BCUT2D eigenvalue weighted by atomic mass is 9.95. The first-order valence-electron chi connectivity index (χ1n) is 10.7. The molecule has 0 unspecified atom stereocenters. The van der Waals surface area contributed by atoms with E-state index in [1.807, 2.05) is 0 Å². The lowest BCUT2D eigenvalue weighted by Crippen LogP contribution is -2.43. The lowest BCUT2D eigenvalue weighted by Gasteiger charge is -2.24. The number of anilines is 1. The highest BCUT2D eigenvalue weighted by atomic mass is 35.5. The molecule has 33 heavy (non-hydrogen) atoms. The minimum Gasteiger partial charge on any atom is -0.495 e. The second-order valence-corrected chi connectivity index (χ2v) is 9.96. The molecule has 10 heteroatoms. The third-order valence-corrected chi connectivity index (χ3v) is 7.16. The Balaban J connectivity index is 1.67. The molecule has 1 amide bonds. The molecule has 0 heterocycles. The van der Waals surface area contributed by atoms with E-state index >= 15 is 0 Å². The zero-order valence-electron chi connectivity index (χ0n) is 18.9. The number of carbonyl (C=O) groups excluding carboxylic acids is 1. The van der Waals surface area contributed by atoms with Crippen LogP contribution in [0, 0.1) is 0 Å². The van der Waals surface area contributed by atoms with Crippen LogP contribution < -0.4 is 24.2 Å². The summed E-state index contributed by atoms with van der Waals surface area (Å²) in [6.07, 6.45) is 4.74. The van der Waals surface area contributed by atoms with Gasteiger partial charge in [0.1, 0.15) is 17.2 Å². The average molecular weight is 497 g/mol. The van der Waals surface area contributed by atoms with Crippen molar-refractivity contribution in [3.8, 4) is 17.2 Å². The Hall–Kier alpha value is -2.65. The third-order valence-electron chi connectivity index (χ3n) is 5.49. The van der Waals surface area contributed by atoms with Crippen molar-refractivity contribution in [2.45, 2.75) is 56.1 Å². The first-order valence-corrected chi connectivity index (χ1v) is 12.6. The monoisotopic (exact) mass is 496 g/mol. The summed E-state index contributed by atoms with van der Waals surface area (Å²) in [4.78, 5) is 12.4. The quantitative estimate of drug-likeness (QED) is 0.534. The zero-order chi connectivity index (χ0) is 24.0. The number of methoxy groups -OCH3 is 2. The summed E-state index contributed by atoms with van der Waals surface area (Å²) in [5.41, 5.74) is 0.187. The van der Waals surface area contributed by atoms with E-state index in [1.54, 1.807) is 6.92 Å². The predicted molar refractivity (Wildman–Crippen MR) is 127 cm³/mol. The number of amides is 1. The molecule has 0 bridgehead atoms. The minimum absolute atomic E-state index is 0.0186. The molecule has 1 aliphatic carbocycles. The molecule has 180 valence electrons. The summed E-state index contributed by atoms with van der Waals surface area (Å²) in [5.74, 6) is 0.775. The van der Waals surface area contributed by atoms with Gasteiger partial charge in [-0.3, -0.25) is 9.52 Å². The molecule has 3 rings (SSSR count). The van der Waals surface area contributed by atoms with Crippen LogP contribution in [0.25, 0.3) is 0 Å². The van der Waals surface area contributed by atoms with Gasteiger partial charge in [-0.25, -0.2) is 8.42 Å².